The minimum Gasteiger partial charge on any atom is -0.377 e. The zero-order chi connectivity index (χ0) is 13.1. The summed E-state index contributed by atoms with van der Waals surface area (Å²) in [6.07, 6.45) is 1.49. The monoisotopic (exact) mass is 314 g/mol. The number of morpholine rings is 1. The molecule has 1 saturated heterocycles. The third-order valence-corrected chi connectivity index (χ3v) is 3.70. The maximum absolute atomic E-state index is 12.3. The number of carbonyl (C=O) groups is 1. The van der Waals surface area contributed by atoms with E-state index in [0.29, 0.717) is 25.1 Å². The lowest BCUT2D eigenvalue weighted by molar-refractivity contribution is 0.00515. The van der Waals surface area contributed by atoms with Gasteiger partial charge < -0.3 is 14.6 Å². The summed E-state index contributed by atoms with van der Waals surface area (Å²) in [5.74, 6) is -0.232. The van der Waals surface area contributed by atoms with Gasteiger partial charge in [-0.2, -0.15) is 0 Å². The van der Waals surface area contributed by atoms with Gasteiger partial charge in [0.25, 0.3) is 5.91 Å². The summed E-state index contributed by atoms with van der Waals surface area (Å²) >= 11 is 3.36. The summed E-state index contributed by atoms with van der Waals surface area (Å²) in [6.45, 7) is 3.31. The van der Waals surface area contributed by atoms with E-state index in [2.05, 4.69) is 20.9 Å². The first-order valence-electron chi connectivity index (χ1n) is 5.77. The highest BCUT2D eigenvalue weighted by molar-refractivity contribution is 9.09. The predicted octanol–water partition coefficient (Wildman–Crippen LogP) is 0.919. The van der Waals surface area contributed by atoms with Gasteiger partial charge in [0.2, 0.25) is 0 Å². The number of nitrogens with zero attached hydrogens (tertiary/aromatic N) is 1. The molecule has 0 aromatic carbocycles. The van der Waals surface area contributed by atoms with Gasteiger partial charge in [-0.1, -0.05) is 15.9 Å². The zero-order valence-corrected chi connectivity index (χ0v) is 11.7. The van der Waals surface area contributed by atoms with Crippen molar-refractivity contribution >= 4 is 21.8 Å². The van der Waals surface area contributed by atoms with Gasteiger partial charge in [-0.3, -0.25) is 9.59 Å². The van der Waals surface area contributed by atoms with Crippen LogP contribution in [0.15, 0.2) is 17.1 Å². The fourth-order valence-corrected chi connectivity index (χ4v) is 2.48. The van der Waals surface area contributed by atoms with Gasteiger partial charge in [-0.15, -0.1) is 0 Å². The van der Waals surface area contributed by atoms with Crippen molar-refractivity contribution in [2.45, 2.75) is 13.0 Å². The Kier molecular flexibility index (Phi) is 4.19. The van der Waals surface area contributed by atoms with Crippen LogP contribution in [0.2, 0.25) is 0 Å². The number of amides is 1. The van der Waals surface area contributed by atoms with E-state index in [1.165, 1.54) is 12.3 Å². The van der Waals surface area contributed by atoms with Crippen LogP contribution in [0.1, 0.15) is 16.1 Å². The molecule has 6 heteroatoms. The summed E-state index contributed by atoms with van der Waals surface area (Å²) in [6, 6.07) is 1.42. The van der Waals surface area contributed by atoms with Crippen molar-refractivity contribution in [1.29, 1.82) is 0 Å². The number of halogens is 1. The molecule has 0 aliphatic carbocycles. The molecule has 18 heavy (non-hydrogen) atoms. The molecular formula is C12H15BrN2O3. The molecule has 1 amide bonds. The topological polar surface area (TPSA) is 62.4 Å². The Bertz CT molecular complexity index is 500. The van der Waals surface area contributed by atoms with E-state index >= 15 is 0 Å². The van der Waals surface area contributed by atoms with Gasteiger partial charge in [-0.25, -0.2) is 0 Å². The number of pyridine rings is 1. The van der Waals surface area contributed by atoms with Crippen molar-refractivity contribution in [2.24, 2.45) is 0 Å². The minimum atomic E-state index is -0.240. The van der Waals surface area contributed by atoms with Crippen LogP contribution < -0.4 is 5.43 Å². The number of aromatic amines is 1. The summed E-state index contributed by atoms with van der Waals surface area (Å²) < 4.78 is 5.33. The average Bonchev–Trinajstić information content (AvgIpc) is 2.38. The van der Waals surface area contributed by atoms with Crippen LogP contribution in [0, 0.1) is 6.92 Å². The maximum Gasteiger partial charge on any atom is 0.259 e. The quantitative estimate of drug-likeness (QED) is 0.826. The molecule has 2 rings (SSSR count). The van der Waals surface area contributed by atoms with E-state index in [0.717, 1.165) is 5.69 Å². The second-order valence-electron chi connectivity index (χ2n) is 4.28. The summed E-state index contributed by atoms with van der Waals surface area (Å²) in [5.41, 5.74) is 0.695. The maximum atomic E-state index is 12.3. The molecule has 1 unspecified atom stereocenters. The Hall–Kier alpha value is -1.14. The number of rotatable bonds is 2. The van der Waals surface area contributed by atoms with Crippen LogP contribution in [0.25, 0.3) is 0 Å². The van der Waals surface area contributed by atoms with Crippen LogP contribution in [0.3, 0.4) is 0 Å². The second-order valence-corrected chi connectivity index (χ2v) is 4.92. The lowest BCUT2D eigenvalue weighted by Crippen LogP contribution is -2.50. The normalized spacial score (nSPS) is 19.9. The van der Waals surface area contributed by atoms with E-state index in [1.54, 1.807) is 11.8 Å². The number of carbonyl (C=O) groups excluding carboxylic acids is 1. The number of alkyl halides is 1. The molecule has 5 nitrogen and oxygen atoms in total. The zero-order valence-electron chi connectivity index (χ0n) is 10.1. The number of aryl methyl sites for hydroxylation is 1. The number of hydrogen-bond donors (Lipinski definition) is 1. The van der Waals surface area contributed by atoms with Crippen molar-refractivity contribution < 1.29 is 9.53 Å². The third kappa shape index (κ3) is 2.64. The molecule has 98 valence electrons. The SMILES string of the molecule is Cc1cc(=O)c(C(=O)N2CCOCC2CBr)c[nH]1. The summed E-state index contributed by atoms with van der Waals surface area (Å²) in [5, 5.41) is 0.641. The van der Waals surface area contributed by atoms with Gasteiger partial charge in [-0.05, 0) is 6.92 Å². The molecule has 1 atom stereocenters. The third-order valence-electron chi connectivity index (χ3n) is 2.95. The van der Waals surface area contributed by atoms with Crippen LogP contribution in [-0.2, 0) is 4.74 Å². The molecule has 1 aromatic rings. The number of hydrogen-bond acceptors (Lipinski definition) is 3. The Morgan fingerprint density at radius 2 is 2.44 bits per heavy atom. The van der Waals surface area contributed by atoms with E-state index in [-0.39, 0.29) is 22.9 Å². The Morgan fingerprint density at radius 3 is 3.11 bits per heavy atom. The first-order chi connectivity index (χ1) is 8.63. The fourth-order valence-electron chi connectivity index (χ4n) is 1.95. The van der Waals surface area contributed by atoms with Gasteiger partial charge in [0.1, 0.15) is 5.56 Å². The molecular weight excluding hydrogens is 300 g/mol. The smallest absolute Gasteiger partial charge is 0.259 e. The molecule has 0 saturated carbocycles. The molecule has 0 bridgehead atoms. The van der Waals surface area contributed by atoms with Gasteiger partial charge in [0, 0.05) is 29.8 Å². The van der Waals surface area contributed by atoms with Gasteiger partial charge in [0.05, 0.1) is 19.3 Å². The molecule has 2 heterocycles. The van der Waals surface area contributed by atoms with Crippen LogP contribution in [0.4, 0.5) is 0 Å². The highest BCUT2D eigenvalue weighted by atomic mass is 79.9. The molecule has 0 radical (unpaired) electrons. The standard InChI is InChI=1S/C12H15BrN2O3/c1-8-4-11(16)10(6-14-8)12(17)15-2-3-18-7-9(15)5-13/h4,6,9H,2-3,5,7H2,1H3,(H,14,16). The summed E-state index contributed by atoms with van der Waals surface area (Å²) in [7, 11) is 0. The molecule has 1 aliphatic heterocycles. The van der Waals surface area contributed by atoms with E-state index in [9.17, 15) is 9.59 Å². The fraction of sp³-hybridized carbons (Fsp3) is 0.500. The van der Waals surface area contributed by atoms with Crippen molar-refractivity contribution in [3.05, 3.63) is 33.7 Å². The number of H-pyrrole nitrogens is 1. The van der Waals surface area contributed by atoms with Crippen molar-refractivity contribution in [2.75, 3.05) is 25.1 Å². The summed E-state index contributed by atoms with van der Waals surface area (Å²) in [4.78, 5) is 28.7. The Labute approximate surface area is 113 Å². The van der Waals surface area contributed by atoms with E-state index < -0.39 is 0 Å². The number of ether oxygens (including phenoxy) is 1. The van der Waals surface area contributed by atoms with E-state index in [4.69, 9.17) is 4.74 Å². The highest BCUT2D eigenvalue weighted by Crippen LogP contribution is 2.12. The molecule has 0 spiro atoms. The van der Waals surface area contributed by atoms with Crippen molar-refractivity contribution in [3.63, 3.8) is 0 Å². The van der Waals surface area contributed by atoms with Crippen molar-refractivity contribution in [1.82, 2.24) is 9.88 Å². The predicted molar refractivity (Wildman–Crippen MR) is 71.2 cm³/mol. The second kappa shape index (κ2) is 5.67. The van der Waals surface area contributed by atoms with Gasteiger partial charge >= 0.3 is 0 Å². The Balaban J connectivity index is 2.27. The lowest BCUT2D eigenvalue weighted by atomic mass is 10.1. The highest BCUT2D eigenvalue weighted by Gasteiger charge is 2.28. The largest absolute Gasteiger partial charge is 0.377 e. The van der Waals surface area contributed by atoms with Gasteiger partial charge in [0.15, 0.2) is 5.43 Å². The Morgan fingerprint density at radius 1 is 1.67 bits per heavy atom. The lowest BCUT2D eigenvalue weighted by Gasteiger charge is -2.34. The number of nitrogens with one attached hydrogen (secondary N) is 1. The first kappa shape index (κ1) is 13.3. The minimum absolute atomic E-state index is 0.0213. The van der Waals surface area contributed by atoms with E-state index in [1.807, 2.05) is 0 Å². The molecule has 1 N–H and O–H groups in total. The van der Waals surface area contributed by atoms with Crippen LogP contribution >= 0.6 is 15.9 Å². The van der Waals surface area contributed by atoms with Crippen LogP contribution in [0.5, 0.6) is 0 Å². The van der Waals surface area contributed by atoms with Crippen molar-refractivity contribution in [3.8, 4) is 0 Å². The average molecular weight is 315 g/mol. The van der Waals surface area contributed by atoms with Crippen LogP contribution in [-0.4, -0.2) is 46.9 Å². The molecule has 1 fully saturated rings. The first-order valence-corrected chi connectivity index (χ1v) is 6.89. The number of aromatic nitrogens is 1. The molecule has 1 aromatic heterocycles. The molecule has 1 aliphatic rings.